The Kier molecular flexibility index (Phi) is 4.40. The fraction of sp³-hybridized carbons (Fsp3) is 0.704. The molecule has 31 heavy (non-hydrogen) atoms. The third-order valence-electron chi connectivity index (χ3n) is 11.5. The van der Waals surface area contributed by atoms with Gasteiger partial charge in [-0.2, -0.15) is 0 Å². The fourth-order valence-electron chi connectivity index (χ4n) is 8.93. The van der Waals surface area contributed by atoms with Gasteiger partial charge in [-0.05, 0) is 89.7 Å². The van der Waals surface area contributed by atoms with Gasteiger partial charge in [-0.25, -0.2) is 0 Å². The maximum absolute atomic E-state index is 10.6. The molecule has 0 amide bonds. The molecule has 0 bridgehead atoms. The van der Waals surface area contributed by atoms with Crippen LogP contribution in [-0.4, -0.2) is 27.1 Å². The van der Waals surface area contributed by atoms with E-state index in [4.69, 9.17) is 0 Å². The van der Waals surface area contributed by atoms with E-state index in [0.29, 0.717) is 12.3 Å². The first kappa shape index (κ1) is 21.2. The van der Waals surface area contributed by atoms with E-state index in [1.165, 1.54) is 17.6 Å². The summed E-state index contributed by atoms with van der Waals surface area (Å²) in [6.07, 6.45) is 12.8. The third kappa shape index (κ3) is 2.35. The summed E-state index contributed by atoms with van der Waals surface area (Å²) in [7, 11) is 0. The molecular formula is C27H38N2O2. The van der Waals surface area contributed by atoms with Gasteiger partial charge in [0.15, 0.2) is 0 Å². The van der Waals surface area contributed by atoms with Crippen LogP contribution in [0.5, 0.6) is 0 Å². The van der Waals surface area contributed by atoms with Crippen LogP contribution in [-0.2, 0) is 0 Å². The molecule has 4 aliphatic rings. The van der Waals surface area contributed by atoms with Crippen molar-refractivity contribution in [1.29, 1.82) is 0 Å². The van der Waals surface area contributed by atoms with Crippen molar-refractivity contribution in [2.24, 2.45) is 38.1 Å². The Morgan fingerprint density at radius 3 is 2.48 bits per heavy atom. The third-order valence-corrected chi connectivity index (χ3v) is 11.5. The number of aliphatic hydroxyl groups excluding tert-OH is 1. The number of hydrogen-bond donors (Lipinski definition) is 2. The summed E-state index contributed by atoms with van der Waals surface area (Å²) >= 11 is 0. The smallest absolute Gasteiger partial charge is 0.0639 e. The molecule has 4 aliphatic carbocycles. The van der Waals surface area contributed by atoms with Crippen LogP contribution in [0.4, 0.5) is 0 Å². The predicted octanol–water partition coefficient (Wildman–Crippen LogP) is 6.09. The highest BCUT2D eigenvalue weighted by Gasteiger charge is 2.72. The zero-order valence-corrected chi connectivity index (χ0v) is 19.8. The minimum absolute atomic E-state index is 0.00507. The molecule has 3 saturated carbocycles. The van der Waals surface area contributed by atoms with E-state index < -0.39 is 0 Å². The van der Waals surface area contributed by atoms with Crippen molar-refractivity contribution in [2.75, 3.05) is 0 Å². The van der Waals surface area contributed by atoms with Crippen molar-refractivity contribution >= 4 is 11.3 Å². The first-order chi connectivity index (χ1) is 14.6. The largest absolute Gasteiger partial charge is 0.411 e. The number of rotatable bonds is 1. The van der Waals surface area contributed by atoms with Crippen LogP contribution in [0.25, 0.3) is 5.57 Å². The minimum atomic E-state index is -0.301. The SMILES string of the molecule is C[C@]12CC[C@H](O)C[C@]1(C)/C(=N/O)C[C@@H]1[C@]2(C)CC[C@]2(C)C(c3cccnc3)=CC[C@@]12C. The summed E-state index contributed by atoms with van der Waals surface area (Å²) < 4.78 is 0. The second-order valence-corrected chi connectivity index (χ2v) is 12.1. The first-order valence-electron chi connectivity index (χ1n) is 12.1. The summed E-state index contributed by atoms with van der Waals surface area (Å²) in [5.41, 5.74) is 3.68. The summed E-state index contributed by atoms with van der Waals surface area (Å²) in [6, 6.07) is 4.24. The molecule has 5 rings (SSSR count). The zero-order valence-electron chi connectivity index (χ0n) is 19.8. The van der Waals surface area contributed by atoms with Crippen LogP contribution in [0.15, 0.2) is 35.8 Å². The number of allylic oxidation sites excluding steroid dienone is 2. The molecule has 4 heteroatoms. The van der Waals surface area contributed by atoms with Gasteiger partial charge in [-0.3, -0.25) is 4.98 Å². The highest BCUT2D eigenvalue weighted by Crippen LogP contribution is 2.78. The Hall–Kier alpha value is -1.68. The van der Waals surface area contributed by atoms with Gasteiger partial charge in [-0.1, -0.05) is 51.9 Å². The number of oxime groups is 1. The molecule has 4 nitrogen and oxygen atoms in total. The van der Waals surface area contributed by atoms with Gasteiger partial charge in [0.05, 0.1) is 11.8 Å². The normalized spacial score (nSPS) is 50.4. The van der Waals surface area contributed by atoms with E-state index >= 15 is 0 Å². The summed E-state index contributed by atoms with van der Waals surface area (Å²) in [4.78, 5) is 4.41. The van der Waals surface area contributed by atoms with Crippen LogP contribution in [0.3, 0.4) is 0 Å². The highest BCUT2D eigenvalue weighted by molar-refractivity contribution is 5.92. The van der Waals surface area contributed by atoms with Gasteiger partial charge in [0.25, 0.3) is 0 Å². The van der Waals surface area contributed by atoms with Gasteiger partial charge in [0.1, 0.15) is 0 Å². The summed E-state index contributed by atoms with van der Waals surface area (Å²) in [6.45, 7) is 12.2. The number of pyridine rings is 1. The minimum Gasteiger partial charge on any atom is -0.411 e. The molecule has 168 valence electrons. The van der Waals surface area contributed by atoms with Gasteiger partial charge in [-0.15, -0.1) is 0 Å². The second kappa shape index (κ2) is 6.43. The topological polar surface area (TPSA) is 65.7 Å². The quantitative estimate of drug-likeness (QED) is 0.425. The van der Waals surface area contributed by atoms with Gasteiger partial charge in [0.2, 0.25) is 0 Å². The number of fused-ring (bicyclic) bond motifs is 5. The molecule has 0 saturated heterocycles. The maximum atomic E-state index is 10.6. The molecule has 0 radical (unpaired) electrons. The first-order valence-corrected chi connectivity index (χ1v) is 12.1. The van der Waals surface area contributed by atoms with Gasteiger partial charge in [0, 0.05) is 17.8 Å². The van der Waals surface area contributed by atoms with Gasteiger partial charge >= 0.3 is 0 Å². The van der Waals surface area contributed by atoms with E-state index in [2.05, 4.69) is 56.9 Å². The van der Waals surface area contributed by atoms with Crippen molar-refractivity contribution in [3.63, 3.8) is 0 Å². The molecule has 2 N–H and O–H groups in total. The molecule has 1 aromatic heterocycles. The van der Waals surface area contributed by atoms with Crippen LogP contribution >= 0.6 is 0 Å². The lowest BCUT2D eigenvalue weighted by Gasteiger charge is -2.72. The Morgan fingerprint density at radius 2 is 1.81 bits per heavy atom. The van der Waals surface area contributed by atoms with E-state index in [-0.39, 0.29) is 33.2 Å². The van der Waals surface area contributed by atoms with E-state index in [1.807, 2.05) is 18.5 Å². The monoisotopic (exact) mass is 422 g/mol. The van der Waals surface area contributed by atoms with E-state index in [1.54, 1.807) is 0 Å². The Morgan fingerprint density at radius 1 is 1.03 bits per heavy atom. The molecule has 1 heterocycles. The standard InChI is InChI=1S/C27H38N2O2/c1-23-12-13-25(3)21(24(23,2)10-9-20(23)18-7-6-14-28-17-18)15-22(29-31)26(4)16-19(30)8-11-27(25,26)5/h6-7,9,14,17,19,21,30-31H,8,10-13,15-16H2,1-5H3/b29-22+/t19-,21-,23+,24-,25-,26+,27+/m0/s1. The predicted molar refractivity (Wildman–Crippen MR) is 124 cm³/mol. The Labute approximate surface area is 186 Å². The zero-order chi connectivity index (χ0) is 22.3. The second-order valence-electron chi connectivity index (χ2n) is 12.1. The van der Waals surface area contributed by atoms with E-state index in [9.17, 15) is 10.3 Å². The molecule has 7 atom stereocenters. The van der Waals surface area contributed by atoms with Crippen LogP contribution in [0.1, 0.15) is 85.1 Å². The van der Waals surface area contributed by atoms with Crippen molar-refractivity contribution in [3.05, 3.63) is 36.2 Å². The molecule has 3 fully saturated rings. The van der Waals surface area contributed by atoms with Crippen molar-refractivity contribution in [1.82, 2.24) is 4.98 Å². The lowest BCUT2D eigenvalue weighted by Crippen LogP contribution is -2.68. The summed E-state index contributed by atoms with van der Waals surface area (Å²) in [5, 5.41) is 24.7. The number of nitrogens with zero attached hydrogens (tertiary/aromatic N) is 2. The number of hydrogen-bond acceptors (Lipinski definition) is 4. The van der Waals surface area contributed by atoms with Crippen LogP contribution < -0.4 is 0 Å². The molecule has 0 unspecified atom stereocenters. The molecule has 0 aliphatic heterocycles. The highest BCUT2D eigenvalue weighted by atomic mass is 16.4. The van der Waals surface area contributed by atoms with Crippen LogP contribution in [0.2, 0.25) is 0 Å². The molecule has 0 aromatic carbocycles. The molecule has 1 aromatic rings. The van der Waals surface area contributed by atoms with Crippen molar-refractivity contribution < 1.29 is 10.3 Å². The summed E-state index contributed by atoms with van der Waals surface area (Å²) in [5.74, 6) is 0.434. The number of aromatic nitrogens is 1. The lowest BCUT2D eigenvalue weighted by atomic mass is 9.31. The van der Waals surface area contributed by atoms with Crippen molar-refractivity contribution in [2.45, 2.75) is 85.7 Å². The Bertz CT molecular complexity index is 957. The molecular weight excluding hydrogens is 384 g/mol. The fourth-order valence-corrected chi connectivity index (χ4v) is 8.93. The van der Waals surface area contributed by atoms with E-state index in [0.717, 1.165) is 37.8 Å². The Balaban J connectivity index is 1.62. The van der Waals surface area contributed by atoms with Crippen molar-refractivity contribution in [3.8, 4) is 0 Å². The molecule has 0 spiro atoms. The average molecular weight is 423 g/mol. The average Bonchev–Trinajstić information content (AvgIpc) is 3.02. The lowest BCUT2D eigenvalue weighted by molar-refractivity contribution is -0.197. The number of aliphatic hydroxyl groups is 1. The van der Waals surface area contributed by atoms with Gasteiger partial charge < -0.3 is 10.3 Å². The maximum Gasteiger partial charge on any atom is 0.0639 e. The van der Waals surface area contributed by atoms with Crippen LogP contribution in [0, 0.1) is 33.0 Å².